The number of nitrogens with one attached hydrogen (secondary N) is 2. The van der Waals surface area contributed by atoms with E-state index in [-0.39, 0.29) is 24.0 Å². The number of ether oxygens (including phenoxy) is 1. The van der Waals surface area contributed by atoms with E-state index in [4.69, 9.17) is 4.74 Å². The molecule has 0 bridgehead atoms. The fourth-order valence-corrected chi connectivity index (χ4v) is 3.41. The molecule has 1 fully saturated rings. The Hall–Kier alpha value is -0.900. The summed E-state index contributed by atoms with van der Waals surface area (Å²) in [6.07, 6.45) is 6.70. The van der Waals surface area contributed by atoms with Gasteiger partial charge in [0.15, 0.2) is 11.8 Å². The second-order valence-electron chi connectivity index (χ2n) is 6.67. The molecule has 2 rings (SSSR count). The van der Waals surface area contributed by atoms with Crippen molar-refractivity contribution < 1.29 is 4.74 Å². The molecule has 2 N–H and O–H groups in total. The number of nitrogens with zero attached hydrogens (tertiary/aromatic N) is 4. The summed E-state index contributed by atoms with van der Waals surface area (Å²) in [6.45, 7) is 9.12. The van der Waals surface area contributed by atoms with Crippen LogP contribution in [-0.4, -0.2) is 46.5 Å². The van der Waals surface area contributed by atoms with Crippen molar-refractivity contribution in [3.8, 4) is 0 Å². The third kappa shape index (κ3) is 7.02. The van der Waals surface area contributed by atoms with Gasteiger partial charge in [-0.3, -0.25) is 0 Å². The maximum atomic E-state index is 5.99. The Morgan fingerprint density at radius 1 is 1.27 bits per heavy atom. The first-order valence-corrected chi connectivity index (χ1v) is 9.64. The third-order valence-electron chi connectivity index (χ3n) is 4.93. The van der Waals surface area contributed by atoms with Gasteiger partial charge in [0.05, 0.1) is 6.10 Å². The molecule has 7 nitrogen and oxygen atoms in total. The molecule has 1 atom stereocenters. The topological polar surface area (TPSA) is 76.4 Å². The van der Waals surface area contributed by atoms with Gasteiger partial charge in [0.25, 0.3) is 0 Å². The lowest BCUT2D eigenvalue weighted by Gasteiger charge is -2.24. The molecular formula is C18H35IN6O. The summed E-state index contributed by atoms with van der Waals surface area (Å²) in [7, 11) is 1.97. The molecule has 0 aliphatic heterocycles. The Morgan fingerprint density at radius 2 is 2.00 bits per heavy atom. The van der Waals surface area contributed by atoms with Crippen LogP contribution in [0.15, 0.2) is 4.99 Å². The molecule has 0 aromatic carbocycles. The molecule has 26 heavy (non-hydrogen) atoms. The molecule has 8 heteroatoms. The lowest BCUT2D eigenvalue weighted by atomic mass is 9.98. The van der Waals surface area contributed by atoms with Crippen LogP contribution >= 0.6 is 24.0 Å². The number of rotatable bonds is 9. The zero-order chi connectivity index (χ0) is 18.1. The molecule has 1 aliphatic rings. The van der Waals surface area contributed by atoms with Gasteiger partial charge in [-0.15, -0.1) is 34.2 Å². The van der Waals surface area contributed by atoms with Crippen molar-refractivity contribution in [1.82, 2.24) is 25.4 Å². The Kier molecular flexibility index (Phi) is 11.1. The average molecular weight is 478 g/mol. The molecule has 0 radical (unpaired) electrons. The largest absolute Gasteiger partial charge is 0.378 e. The number of guanidine groups is 1. The highest BCUT2D eigenvalue weighted by Gasteiger charge is 2.25. The van der Waals surface area contributed by atoms with Crippen LogP contribution in [0.2, 0.25) is 0 Å². The first-order valence-electron chi connectivity index (χ1n) is 9.64. The minimum atomic E-state index is 0. The Balaban J connectivity index is 0.00000338. The van der Waals surface area contributed by atoms with E-state index in [9.17, 15) is 0 Å². The highest BCUT2D eigenvalue weighted by molar-refractivity contribution is 14.0. The molecule has 1 aromatic rings. The second kappa shape index (κ2) is 12.5. The maximum Gasteiger partial charge on any atom is 0.191 e. The van der Waals surface area contributed by atoms with E-state index in [1.807, 2.05) is 18.5 Å². The number of halogens is 1. The van der Waals surface area contributed by atoms with E-state index in [1.165, 1.54) is 25.7 Å². The summed E-state index contributed by atoms with van der Waals surface area (Å²) < 4.78 is 7.96. The lowest BCUT2D eigenvalue weighted by molar-refractivity contribution is 0.0169. The molecule has 0 saturated heterocycles. The lowest BCUT2D eigenvalue weighted by Crippen LogP contribution is -2.39. The molecule has 150 valence electrons. The van der Waals surface area contributed by atoms with Crippen molar-refractivity contribution in [2.75, 3.05) is 19.7 Å². The summed E-state index contributed by atoms with van der Waals surface area (Å²) in [4.78, 5) is 4.63. The predicted octanol–water partition coefficient (Wildman–Crippen LogP) is 2.78. The summed E-state index contributed by atoms with van der Waals surface area (Å²) in [6, 6.07) is 0. The Bertz CT molecular complexity index is 542. The van der Waals surface area contributed by atoms with Crippen LogP contribution in [0.3, 0.4) is 0 Å². The number of aromatic nitrogens is 3. The highest BCUT2D eigenvalue weighted by Crippen LogP contribution is 2.30. The highest BCUT2D eigenvalue weighted by atomic mass is 127. The van der Waals surface area contributed by atoms with Crippen LogP contribution in [0.25, 0.3) is 0 Å². The van der Waals surface area contributed by atoms with E-state index in [2.05, 4.69) is 39.7 Å². The van der Waals surface area contributed by atoms with Crippen LogP contribution < -0.4 is 10.6 Å². The van der Waals surface area contributed by atoms with Gasteiger partial charge in [-0.2, -0.15) is 0 Å². The minimum Gasteiger partial charge on any atom is -0.378 e. The van der Waals surface area contributed by atoms with Crippen LogP contribution in [0, 0.1) is 12.8 Å². The fourth-order valence-electron chi connectivity index (χ4n) is 3.41. The van der Waals surface area contributed by atoms with Crippen molar-refractivity contribution in [3.63, 3.8) is 0 Å². The smallest absolute Gasteiger partial charge is 0.191 e. The van der Waals surface area contributed by atoms with E-state index >= 15 is 0 Å². The zero-order valence-corrected chi connectivity index (χ0v) is 19.0. The standard InChI is InChI=1S/C18H34N6O.HI/c1-5-19-18(21-13-17-23-22-14(3)24(17)4)20-12-11-16(25-6-2)15-9-7-8-10-15;/h15-16H,5-13H2,1-4H3,(H2,19,20,21);1H. The molecule has 0 amide bonds. The molecule has 0 spiro atoms. The molecule has 1 unspecified atom stereocenters. The van der Waals surface area contributed by atoms with Crippen LogP contribution in [0.4, 0.5) is 0 Å². The molecule has 1 saturated carbocycles. The van der Waals surface area contributed by atoms with E-state index in [0.717, 1.165) is 49.6 Å². The summed E-state index contributed by atoms with van der Waals surface area (Å²) in [5.41, 5.74) is 0. The summed E-state index contributed by atoms with van der Waals surface area (Å²) >= 11 is 0. The van der Waals surface area contributed by atoms with Gasteiger partial charge in [-0.1, -0.05) is 12.8 Å². The second-order valence-corrected chi connectivity index (χ2v) is 6.67. The van der Waals surface area contributed by atoms with Gasteiger partial charge in [-0.25, -0.2) is 4.99 Å². The SMILES string of the molecule is CCNC(=NCc1nnc(C)n1C)NCCC(OCC)C1CCCC1.I. The van der Waals surface area contributed by atoms with Crippen molar-refractivity contribution in [3.05, 3.63) is 11.6 Å². The molecule has 1 aliphatic carbocycles. The maximum absolute atomic E-state index is 5.99. The first-order chi connectivity index (χ1) is 12.2. The normalized spacial score (nSPS) is 16.4. The Morgan fingerprint density at radius 3 is 2.58 bits per heavy atom. The summed E-state index contributed by atoms with van der Waals surface area (Å²) in [5, 5.41) is 15.0. The number of hydrogen-bond acceptors (Lipinski definition) is 4. The molecular weight excluding hydrogens is 443 g/mol. The minimum absolute atomic E-state index is 0. The Labute approximate surface area is 174 Å². The monoisotopic (exact) mass is 478 g/mol. The van der Waals surface area contributed by atoms with E-state index in [0.29, 0.717) is 12.6 Å². The molecule has 1 heterocycles. The van der Waals surface area contributed by atoms with Gasteiger partial charge < -0.3 is 19.9 Å². The number of aliphatic imine (C=N–C) groups is 1. The zero-order valence-electron chi connectivity index (χ0n) is 16.6. The van der Waals surface area contributed by atoms with Crippen molar-refractivity contribution in [2.45, 2.75) is 65.5 Å². The van der Waals surface area contributed by atoms with Crippen LogP contribution in [0.1, 0.15) is 57.6 Å². The fraction of sp³-hybridized carbons (Fsp3) is 0.833. The van der Waals surface area contributed by atoms with Gasteiger partial charge >= 0.3 is 0 Å². The quantitative estimate of drug-likeness (QED) is 0.324. The van der Waals surface area contributed by atoms with E-state index in [1.54, 1.807) is 0 Å². The summed E-state index contributed by atoms with van der Waals surface area (Å²) in [5.74, 6) is 3.32. The number of aryl methyl sites for hydroxylation is 1. The van der Waals surface area contributed by atoms with Gasteiger partial charge in [0, 0.05) is 26.7 Å². The molecule has 1 aromatic heterocycles. The van der Waals surface area contributed by atoms with Crippen molar-refractivity contribution >= 4 is 29.9 Å². The van der Waals surface area contributed by atoms with Crippen molar-refractivity contribution in [1.29, 1.82) is 0 Å². The average Bonchev–Trinajstić information content (AvgIpc) is 3.24. The van der Waals surface area contributed by atoms with Crippen LogP contribution in [-0.2, 0) is 18.3 Å². The van der Waals surface area contributed by atoms with Crippen molar-refractivity contribution in [2.24, 2.45) is 18.0 Å². The van der Waals surface area contributed by atoms with Gasteiger partial charge in [0.1, 0.15) is 12.4 Å². The van der Waals surface area contributed by atoms with Gasteiger partial charge in [-0.05, 0) is 46.0 Å². The van der Waals surface area contributed by atoms with Crippen LogP contribution in [0.5, 0.6) is 0 Å². The van der Waals surface area contributed by atoms with Gasteiger partial charge in [0.2, 0.25) is 0 Å². The number of hydrogen-bond donors (Lipinski definition) is 2. The van der Waals surface area contributed by atoms with E-state index < -0.39 is 0 Å². The predicted molar refractivity (Wildman–Crippen MR) is 116 cm³/mol. The first kappa shape index (κ1) is 23.1. The third-order valence-corrected chi connectivity index (χ3v) is 4.93.